The van der Waals surface area contributed by atoms with Crippen molar-refractivity contribution in [3.8, 4) is 5.75 Å². The van der Waals surface area contributed by atoms with Gasteiger partial charge in [0.15, 0.2) is 12.4 Å². The van der Waals surface area contributed by atoms with E-state index in [0.29, 0.717) is 18.0 Å². The maximum Gasteiger partial charge on any atom is 0.276 e. The Morgan fingerprint density at radius 2 is 1.79 bits per heavy atom. The van der Waals surface area contributed by atoms with E-state index in [1.807, 2.05) is 18.2 Å². The summed E-state index contributed by atoms with van der Waals surface area (Å²) in [6.07, 6.45) is 5.04. The third-order valence-electron chi connectivity index (χ3n) is 5.15. The molecule has 2 aromatic heterocycles. The van der Waals surface area contributed by atoms with Crippen LogP contribution in [0.4, 0.5) is 10.1 Å². The van der Waals surface area contributed by atoms with Crippen LogP contribution in [-0.2, 0) is 13.3 Å². The molecule has 0 unspecified atom stereocenters. The predicted octanol–water partition coefficient (Wildman–Crippen LogP) is 4.71. The third-order valence-corrected chi connectivity index (χ3v) is 5.15. The Bertz CT molecular complexity index is 1400. The zero-order valence-corrected chi connectivity index (χ0v) is 17.6. The second-order valence-corrected chi connectivity index (χ2v) is 7.49. The molecule has 1 amide bonds. The lowest BCUT2D eigenvalue weighted by molar-refractivity contribution is 0.102. The van der Waals surface area contributed by atoms with Gasteiger partial charge in [-0.05, 0) is 46.7 Å². The second-order valence-electron chi connectivity index (χ2n) is 7.49. The van der Waals surface area contributed by atoms with Crippen LogP contribution in [0.3, 0.4) is 0 Å². The summed E-state index contributed by atoms with van der Waals surface area (Å²) < 4.78 is 21.8. The van der Waals surface area contributed by atoms with Gasteiger partial charge in [0.1, 0.15) is 11.6 Å². The standard InChI is InChI=1S/C25H20FN5O2/c26-20-8-10-22(11-9-20)33-17-30-13-12-24(29-30)25(32)28-21-14-27-31(16-21)15-19-6-3-5-18-4-1-2-7-23(18)19/h1-14,16H,15,17H2,(H,28,32). The largest absolute Gasteiger partial charge is 0.471 e. The maximum atomic E-state index is 13.0. The molecule has 3 aromatic carbocycles. The molecule has 33 heavy (non-hydrogen) atoms. The lowest BCUT2D eigenvalue weighted by Crippen LogP contribution is -2.14. The topological polar surface area (TPSA) is 74.0 Å². The number of fused-ring (bicyclic) bond motifs is 1. The van der Waals surface area contributed by atoms with Crippen LogP contribution in [0.25, 0.3) is 10.8 Å². The van der Waals surface area contributed by atoms with Gasteiger partial charge >= 0.3 is 0 Å². The molecule has 0 radical (unpaired) electrons. The summed E-state index contributed by atoms with van der Waals surface area (Å²) in [7, 11) is 0. The molecular formula is C25H20FN5O2. The minimum atomic E-state index is -0.347. The quantitative estimate of drug-likeness (QED) is 0.397. The maximum absolute atomic E-state index is 13.0. The molecule has 1 N–H and O–H groups in total. The molecule has 0 spiro atoms. The Morgan fingerprint density at radius 3 is 2.67 bits per heavy atom. The molecule has 7 nitrogen and oxygen atoms in total. The van der Waals surface area contributed by atoms with Crippen molar-refractivity contribution < 1.29 is 13.9 Å². The molecule has 5 aromatic rings. The molecule has 0 aliphatic rings. The van der Waals surface area contributed by atoms with Crippen molar-refractivity contribution in [3.63, 3.8) is 0 Å². The molecular weight excluding hydrogens is 421 g/mol. The summed E-state index contributed by atoms with van der Waals surface area (Å²) in [5.74, 6) is -0.169. The number of amides is 1. The highest BCUT2D eigenvalue weighted by atomic mass is 19.1. The van der Waals surface area contributed by atoms with Gasteiger partial charge in [-0.15, -0.1) is 0 Å². The molecule has 2 heterocycles. The van der Waals surface area contributed by atoms with E-state index in [0.717, 1.165) is 5.56 Å². The smallest absolute Gasteiger partial charge is 0.276 e. The van der Waals surface area contributed by atoms with Crippen LogP contribution in [0.2, 0.25) is 0 Å². The average Bonchev–Trinajstić information content (AvgIpc) is 3.49. The summed E-state index contributed by atoms with van der Waals surface area (Å²) in [5.41, 5.74) is 1.98. The summed E-state index contributed by atoms with van der Waals surface area (Å²) >= 11 is 0. The first-order valence-corrected chi connectivity index (χ1v) is 10.4. The van der Waals surface area contributed by atoms with E-state index in [4.69, 9.17) is 4.74 Å². The highest BCUT2D eigenvalue weighted by molar-refractivity contribution is 6.02. The highest BCUT2D eigenvalue weighted by Crippen LogP contribution is 2.20. The number of rotatable bonds is 7. The van der Waals surface area contributed by atoms with Gasteiger partial charge in [-0.25, -0.2) is 9.07 Å². The van der Waals surface area contributed by atoms with Crippen molar-refractivity contribution >= 4 is 22.4 Å². The number of anilines is 1. The van der Waals surface area contributed by atoms with E-state index in [2.05, 4.69) is 39.8 Å². The van der Waals surface area contributed by atoms with Crippen LogP contribution >= 0.6 is 0 Å². The number of nitrogens with one attached hydrogen (secondary N) is 1. The predicted molar refractivity (Wildman–Crippen MR) is 122 cm³/mol. The molecule has 0 saturated carbocycles. The Morgan fingerprint density at radius 1 is 0.970 bits per heavy atom. The van der Waals surface area contributed by atoms with Gasteiger partial charge in [-0.3, -0.25) is 9.48 Å². The van der Waals surface area contributed by atoms with Crippen molar-refractivity contribution in [1.29, 1.82) is 0 Å². The molecule has 0 bridgehead atoms. The zero-order valence-electron chi connectivity index (χ0n) is 17.6. The fourth-order valence-corrected chi connectivity index (χ4v) is 3.54. The minimum Gasteiger partial charge on any atom is -0.471 e. The van der Waals surface area contributed by atoms with Gasteiger partial charge in [0.2, 0.25) is 0 Å². The van der Waals surface area contributed by atoms with E-state index >= 15 is 0 Å². The number of nitrogens with zero attached hydrogens (tertiary/aromatic N) is 4. The molecule has 8 heteroatoms. The Kier molecular flexibility index (Phi) is 5.55. The van der Waals surface area contributed by atoms with Crippen LogP contribution in [0.5, 0.6) is 5.75 Å². The van der Waals surface area contributed by atoms with Gasteiger partial charge in [0.05, 0.1) is 18.4 Å². The number of hydrogen-bond acceptors (Lipinski definition) is 4. The number of halogens is 1. The van der Waals surface area contributed by atoms with Crippen LogP contribution < -0.4 is 10.1 Å². The third kappa shape index (κ3) is 4.74. The average molecular weight is 441 g/mol. The van der Waals surface area contributed by atoms with Crippen molar-refractivity contribution in [2.24, 2.45) is 0 Å². The summed E-state index contributed by atoms with van der Waals surface area (Å²) in [5, 5.41) is 13.8. The number of carbonyl (C=O) groups is 1. The second kappa shape index (κ2) is 8.96. The fourth-order valence-electron chi connectivity index (χ4n) is 3.54. The Labute approximate surface area is 189 Å². The number of ether oxygens (including phenoxy) is 1. The summed E-state index contributed by atoms with van der Waals surface area (Å²) in [6, 6.07) is 21.7. The Hall–Kier alpha value is -4.46. The molecule has 164 valence electrons. The number of hydrogen-bond donors (Lipinski definition) is 1. The number of carbonyl (C=O) groups excluding carboxylic acids is 1. The molecule has 0 atom stereocenters. The van der Waals surface area contributed by atoms with Gasteiger partial charge in [0, 0.05) is 12.4 Å². The van der Waals surface area contributed by atoms with Gasteiger partial charge in [0.25, 0.3) is 5.91 Å². The van der Waals surface area contributed by atoms with Gasteiger partial charge in [-0.1, -0.05) is 42.5 Å². The first-order valence-electron chi connectivity index (χ1n) is 10.4. The van der Waals surface area contributed by atoms with E-state index in [9.17, 15) is 9.18 Å². The SMILES string of the molecule is O=C(Nc1cnn(Cc2cccc3ccccc23)c1)c1ccn(COc2ccc(F)cc2)n1. The van der Waals surface area contributed by atoms with Gasteiger partial charge in [-0.2, -0.15) is 10.2 Å². The van der Waals surface area contributed by atoms with Crippen molar-refractivity contribution in [2.75, 3.05) is 5.32 Å². The first-order chi connectivity index (χ1) is 16.1. The van der Waals surface area contributed by atoms with E-state index in [1.54, 1.807) is 29.3 Å². The van der Waals surface area contributed by atoms with Crippen molar-refractivity contribution in [1.82, 2.24) is 19.6 Å². The zero-order chi connectivity index (χ0) is 22.6. The molecule has 0 aliphatic carbocycles. The lowest BCUT2D eigenvalue weighted by Gasteiger charge is -2.06. The fraction of sp³-hybridized carbons (Fsp3) is 0.0800. The van der Waals surface area contributed by atoms with Crippen LogP contribution in [0, 0.1) is 5.82 Å². The number of aromatic nitrogens is 4. The normalized spacial score (nSPS) is 10.9. The van der Waals surface area contributed by atoms with Crippen LogP contribution in [-0.4, -0.2) is 25.5 Å². The van der Waals surface area contributed by atoms with Gasteiger partial charge < -0.3 is 10.1 Å². The minimum absolute atomic E-state index is 0.0991. The molecule has 5 rings (SSSR count). The lowest BCUT2D eigenvalue weighted by atomic mass is 10.0. The van der Waals surface area contributed by atoms with Crippen LogP contribution in [0.1, 0.15) is 16.1 Å². The van der Waals surface area contributed by atoms with Crippen molar-refractivity contribution in [3.05, 3.63) is 108 Å². The molecule has 0 saturated heterocycles. The summed E-state index contributed by atoms with van der Waals surface area (Å²) in [4.78, 5) is 12.6. The van der Waals surface area contributed by atoms with E-state index in [-0.39, 0.29) is 24.1 Å². The summed E-state index contributed by atoms with van der Waals surface area (Å²) in [6.45, 7) is 0.689. The van der Waals surface area contributed by atoms with Crippen LogP contribution in [0.15, 0.2) is 91.4 Å². The first kappa shape index (κ1) is 20.4. The number of benzene rings is 3. The highest BCUT2D eigenvalue weighted by Gasteiger charge is 2.12. The monoisotopic (exact) mass is 441 g/mol. The van der Waals surface area contributed by atoms with E-state index < -0.39 is 0 Å². The molecule has 0 aliphatic heterocycles. The van der Waals surface area contributed by atoms with E-state index in [1.165, 1.54) is 39.7 Å². The Balaban J connectivity index is 1.21. The molecule has 0 fully saturated rings. The van der Waals surface area contributed by atoms with Crippen molar-refractivity contribution in [2.45, 2.75) is 13.3 Å².